The Morgan fingerprint density at radius 2 is 1.42 bits per heavy atom. The zero-order valence-corrected chi connectivity index (χ0v) is 10.9. The van der Waals surface area contributed by atoms with Crippen molar-refractivity contribution in [3.8, 4) is 5.75 Å². The fraction of sp³-hybridized carbons (Fsp3) is 0.455. The van der Waals surface area contributed by atoms with Gasteiger partial charge in [0.25, 0.3) is 0 Å². The summed E-state index contributed by atoms with van der Waals surface area (Å²) in [4.78, 5) is 0. The summed E-state index contributed by atoms with van der Waals surface area (Å²) in [6, 6.07) is -0.463. The number of aryl methyl sites for hydroxylation is 2. The molecule has 8 heteroatoms. The molecule has 1 rings (SSSR count). The second kappa shape index (κ2) is 5.50. The zero-order chi connectivity index (χ0) is 14.3. The molecular formula is C11H13ClF5NO. The Bertz CT molecular complexity index is 438. The molecule has 0 saturated carbocycles. The molecule has 0 radical (unpaired) electrons. The van der Waals surface area contributed by atoms with Gasteiger partial charge in [-0.1, -0.05) is 12.1 Å². The van der Waals surface area contributed by atoms with E-state index in [9.17, 15) is 27.1 Å². The number of benzene rings is 1. The Morgan fingerprint density at radius 1 is 1.05 bits per heavy atom. The first kappa shape index (κ1) is 17.9. The minimum absolute atomic E-state index is 0. The van der Waals surface area contributed by atoms with Crippen molar-refractivity contribution in [3.05, 3.63) is 28.8 Å². The summed E-state index contributed by atoms with van der Waals surface area (Å²) in [5.74, 6) is -5.18. The highest BCUT2D eigenvalue weighted by Gasteiger charge is 2.61. The fourth-order valence-electron chi connectivity index (χ4n) is 1.55. The quantitative estimate of drug-likeness (QED) is 0.820. The summed E-state index contributed by atoms with van der Waals surface area (Å²) in [5, 5.41) is 9.42. The van der Waals surface area contributed by atoms with E-state index in [1.807, 2.05) is 0 Å². The minimum atomic E-state index is -5.72. The SMILES string of the molecule is Cc1cc([C@H](N)C(F)(F)C(F)(F)F)cc(C)c1O.Cl. The average molecular weight is 306 g/mol. The smallest absolute Gasteiger partial charge is 0.455 e. The van der Waals surface area contributed by atoms with Crippen LogP contribution in [-0.4, -0.2) is 17.2 Å². The van der Waals surface area contributed by atoms with E-state index in [0.29, 0.717) is 0 Å². The van der Waals surface area contributed by atoms with Crippen molar-refractivity contribution < 1.29 is 27.1 Å². The molecule has 19 heavy (non-hydrogen) atoms. The van der Waals surface area contributed by atoms with Crippen LogP contribution >= 0.6 is 12.4 Å². The van der Waals surface area contributed by atoms with Crippen LogP contribution in [0.1, 0.15) is 22.7 Å². The van der Waals surface area contributed by atoms with Gasteiger partial charge in [0, 0.05) is 0 Å². The van der Waals surface area contributed by atoms with Crippen LogP contribution in [0.5, 0.6) is 5.75 Å². The van der Waals surface area contributed by atoms with Gasteiger partial charge in [-0.05, 0) is 30.5 Å². The first-order valence-electron chi connectivity index (χ1n) is 4.98. The molecule has 0 aliphatic rings. The zero-order valence-electron chi connectivity index (χ0n) is 10.1. The highest BCUT2D eigenvalue weighted by atomic mass is 35.5. The second-order valence-corrected chi connectivity index (χ2v) is 4.10. The van der Waals surface area contributed by atoms with Gasteiger partial charge in [-0.25, -0.2) is 0 Å². The highest BCUT2D eigenvalue weighted by molar-refractivity contribution is 5.85. The summed E-state index contributed by atoms with van der Waals surface area (Å²) in [6.07, 6.45) is -5.72. The molecule has 0 spiro atoms. The summed E-state index contributed by atoms with van der Waals surface area (Å²) in [5.41, 5.74) is 5.01. The molecule has 1 aromatic rings. The Kier molecular flexibility index (Phi) is 5.19. The summed E-state index contributed by atoms with van der Waals surface area (Å²) < 4.78 is 62.6. The van der Waals surface area contributed by atoms with Gasteiger partial charge in [-0.15, -0.1) is 12.4 Å². The first-order valence-corrected chi connectivity index (χ1v) is 4.98. The molecule has 0 aliphatic carbocycles. The summed E-state index contributed by atoms with van der Waals surface area (Å²) >= 11 is 0. The third-order valence-electron chi connectivity index (χ3n) is 2.64. The van der Waals surface area contributed by atoms with Crippen LogP contribution in [0.25, 0.3) is 0 Å². The number of hydrogen-bond acceptors (Lipinski definition) is 2. The molecule has 2 nitrogen and oxygen atoms in total. The van der Waals surface area contributed by atoms with E-state index in [4.69, 9.17) is 5.73 Å². The second-order valence-electron chi connectivity index (χ2n) is 4.10. The van der Waals surface area contributed by atoms with E-state index >= 15 is 0 Å². The predicted octanol–water partition coefficient (Wildman–Crippen LogP) is 3.63. The lowest BCUT2D eigenvalue weighted by Gasteiger charge is -2.26. The van der Waals surface area contributed by atoms with Gasteiger partial charge in [0.2, 0.25) is 0 Å². The molecule has 0 aliphatic heterocycles. The Morgan fingerprint density at radius 3 is 1.74 bits per heavy atom. The molecule has 0 bridgehead atoms. The van der Waals surface area contributed by atoms with E-state index in [-0.39, 0.29) is 34.8 Å². The van der Waals surface area contributed by atoms with Gasteiger partial charge < -0.3 is 10.8 Å². The van der Waals surface area contributed by atoms with Crippen LogP contribution in [0.2, 0.25) is 0 Å². The first-order chi connectivity index (χ1) is 7.98. The molecule has 0 heterocycles. The van der Waals surface area contributed by atoms with Crippen molar-refractivity contribution >= 4 is 12.4 Å². The van der Waals surface area contributed by atoms with Gasteiger partial charge >= 0.3 is 12.1 Å². The number of alkyl halides is 5. The van der Waals surface area contributed by atoms with Crippen molar-refractivity contribution in [2.45, 2.75) is 32.0 Å². The highest BCUT2D eigenvalue weighted by Crippen LogP contribution is 2.44. The molecule has 3 N–H and O–H groups in total. The number of halogens is 6. The fourth-order valence-corrected chi connectivity index (χ4v) is 1.55. The van der Waals surface area contributed by atoms with Crippen LogP contribution in [0.3, 0.4) is 0 Å². The normalized spacial score (nSPS) is 13.9. The molecule has 0 fully saturated rings. The molecular weight excluding hydrogens is 293 g/mol. The van der Waals surface area contributed by atoms with Crippen LogP contribution in [0.15, 0.2) is 12.1 Å². The predicted molar refractivity (Wildman–Crippen MR) is 62.8 cm³/mol. The van der Waals surface area contributed by atoms with Crippen molar-refractivity contribution in [1.82, 2.24) is 0 Å². The van der Waals surface area contributed by atoms with Crippen LogP contribution in [0.4, 0.5) is 22.0 Å². The average Bonchev–Trinajstić information content (AvgIpc) is 2.22. The summed E-state index contributed by atoms with van der Waals surface area (Å²) in [7, 11) is 0. The maximum absolute atomic E-state index is 13.1. The number of hydrogen-bond donors (Lipinski definition) is 2. The van der Waals surface area contributed by atoms with Crippen LogP contribution in [0, 0.1) is 13.8 Å². The topological polar surface area (TPSA) is 46.2 Å². The van der Waals surface area contributed by atoms with Crippen LogP contribution < -0.4 is 5.73 Å². The van der Waals surface area contributed by atoms with Gasteiger partial charge in [-0.3, -0.25) is 0 Å². The van der Waals surface area contributed by atoms with E-state index < -0.39 is 18.1 Å². The number of phenolic OH excluding ortho intramolecular Hbond substituents is 1. The lowest BCUT2D eigenvalue weighted by molar-refractivity contribution is -0.291. The van der Waals surface area contributed by atoms with Gasteiger partial charge in [-0.2, -0.15) is 22.0 Å². The van der Waals surface area contributed by atoms with Crippen LogP contribution in [-0.2, 0) is 0 Å². The van der Waals surface area contributed by atoms with Gasteiger partial charge in [0.1, 0.15) is 11.8 Å². The Labute approximate surface area is 112 Å². The van der Waals surface area contributed by atoms with E-state index in [1.165, 1.54) is 13.8 Å². The third kappa shape index (κ3) is 3.27. The molecule has 0 aromatic heterocycles. The maximum Gasteiger partial charge on any atom is 0.455 e. The monoisotopic (exact) mass is 305 g/mol. The van der Waals surface area contributed by atoms with Gasteiger partial charge in [0.05, 0.1) is 0 Å². The third-order valence-corrected chi connectivity index (χ3v) is 2.64. The van der Waals surface area contributed by atoms with Gasteiger partial charge in [0.15, 0.2) is 0 Å². The number of rotatable bonds is 2. The van der Waals surface area contributed by atoms with E-state index in [0.717, 1.165) is 12.1 Å². The molecule has 110 valence electrons. The maximum atomic E-state index is 13.1. The molecule has 0 amide bonds. The van der Waals surface area contributed by atoms with Crippen molar-refractivity contribution in [3.63, 3.8) is 0 Å². The Balaban J connectivity index is 0.00000324. The van der Waals surface area contributed by atoms with Crippen molar-refractivity contribution in [2.75, 3.05) is 0 Å². The lowest BCUT2D eigenvalue weighted by atomic mass is 9.96. The summed E-state index contributed by atoms with van der Waals surface area (Å²) in [6.45, 7) is 2.79. The minimum Gasteiger partial charge on any atom is -0.507 e. The largest absolute Gasteiger partial charge is 0.507 e. The molecule has 0 unspecified atom stereocenters. The number of nitrogens with two attached hydrogens (primary N) is 1. The van der Waals surface area contributed by atoms with Crippen molar-refractivity contribution in [1.29, 1.82) is 0 Å². The lowest BCUT2D eigenvalue weighted by Crippen LogP contribution is -2.45. The molecule has 1 aromatic carbocycles. The molecule has 1 atom stereocenters. The number of phenols is 1. The standard InChI is InChI=1S/C11H12F5NO.ClH/c1-5-3-7(4-6(2)8(5)18)9(17)10(12,13)11(14,15)16;/h3-4,9,18H,17H2,1-2H3;1H/t9-;/m0./s1. The van der Waals surface area contributed by atoms with Crippen molar-refractivity contribution in [2.24, 2.45) is 5.73 Å². The van der Waals surface area contributed by atoms with E-state index in [1.54, 1.807) is 0 Å². The van der Waals surface area contributed by atoms with E-state index in [2.05, 4.69) is 0 Å². The molecule has 0 saturated heterocycles. The number of aromatic hydroxyl groups is 1. The Hall–Kier alpha value is -1.08.